The van der Waals surface area contributed by atoms with Gasteiger partial charge >= 0.3 is 0 Å². The topological polar surface area (TPSA) is 90.2 Å². The summed E-state index contributed by atoms with van der Waals surface area (Å²) >= 11 is 0. The van der Waals surface area contributed by atoms with Gasteiger partial charge in [0, 0.05) is 0 Å². The molecular weight excluding hydrogens is 188 g/mol. The van der Waals surface area contributed by atoms with Crippen molar-refractivity contribution in [2.24, 2.45) is 0 Å². The highest BCUT2D eigenvalue weighted by molar-refractivity contribution is 4.89. The molecular formula is C9H20O5. The van der Waals surface area contributed by atoms with Crippen molar-refractivity contribution in [1.82, 2.24) is 0 Å². The molecule has 14 heavy (non-hydrogen) atoms. The monoisotopic (exact) mass is 208 g/mol. The smallest absolute Gasteiger partial charge is 0.111 e. The van der Waals surface area contributed by atoms with Crippen molar-refractivity contribution in [2.75, 3.05) is 6.61 Å². The molecule has 1 aliphatic rings. The minimum absolute atomic E-state index is 0.366. The maximum Gasteiger partial charge on any atom is 0.111 e. The second-order valence-electron chi connectivity index (χ2n) is 3.03. The van der Waals surface area contributed by atoms with Crippen LogP contribution in [0.1, 0.15) is 20.8 Å². The molecule has 5 heteroatoms. The van der Waals surface area contributed by atoms with Crippen LogP contribution >= 0.6 is 0 Å². The van der Waals surface area contributed by atoms with E-state index in [2.05, 4.69) is 0 Å². The van der Waals surface area contributed by atoms with E-state index >= 15 is 0 Å². The van der Waals surface area contributed by atoms with E-state index in [0.717, 1.165) is 0 Å². The molecule has 1 heterocycles. The van der Waals surface area contributed by atoms with Crippen LogP contribution < -0.4 is 0 Å². The van der Waals surface area contributed by atoms with Crippen LogP contribution in [0, 0.1) is 0 Å². The van der Waals surface area contributed by atoms with Crippen LogP contribution in [0.3, 0.4) is 0 Å². The van der Waals surface area contributed by atoms with Crippen LogP contribution in [0.2, 0.25) is 0 Å². The molecule has 0 amide bonds. The van der Waals surface area contributed by atoms with Crippen LogP contribution in [0.15, 0.2) is 0 Å². The Morgan fingerprint density at radius 1 is 1.00 bits per heavy atom. The maximum absolute atomic E-state index is 9.23. The average molecular weight is 208 g/mol. The molecule has 0 aromatic rings. The van der Waals surface area contributed by atoms with Crippen molar-refractivity contribution >= 4 is 0 Å². The van der Waals surface area contributed by atoms with E-state index in [1.807, 2.05) is 13.8 Å². The van der Waals surface area contributed by atoms with E-state index < -0.39 is 30.5 Å². The lowest BCUT2D eigenvalue weighted by molar-refractivity contribution is -0.224. The molecule has 86 valence electrons. The minimum atomic E-state index is -1.24. The first kappa shape index (κ1) is 13.8. The lowest BCUT2D eigenvalue weighted by atomic mass is 9.96. The number of hydrogen-bond donors (Lipinski definition) is 4. The van der Waals surface area contributed by atoms with Gasteiger partial charge in [-0.25, -0.2) is 0 Å². The zero-order chi connectivity index (χ0) is 11.3. The molecule has 4 N–H and O–H groups in total. The van der Waals surface area contributed by atoms with Gasteiger partial charge in [0.1, 0.15) is 24.4 Å². The SMILES string of the molecule is CC.C[C@@H]1O[C@H](CO)[C@@H](O)[C@H](O)[C@@H]1O. The van der Waals surface area contributed by atoms with E-state index in [-0.39, 0.29) is 6.61 Å². The Labute approximate surface area is 83.9 Å². The third-order valence-corrected chi connectivity index (χ3v) is 2.13. The summed E-state index contributed by atoms with van der Waals surface area (Å²) in [7, 11) is 0. The predicted octanol–water partition coefficient (Wildman–Crippen LogP) is -1.13. The van der Waals surface area contributed by atoms with Gasteiger partial charge in [-0.3, -0.25) is 0 Å². The predicted molar refractivity (Wildman–Crippen MR) is 50.8 cm³/mol. The van der Waals surface area contributed by atoms with E-state index in [0.29, 0.717) is 0 Å². The molecule has 5 atom stereocenters. The lowest BCUT2D eigenvalue weighted by Crippen LogP contribution is -2.57. The van der Waals surface area contributed by atoms with Gasteiger partial charge in [0.25, 0.3) is 0 Å². The van der Waals surface area contributed by atoms with Crippen LogP contribution in [-0.2, 0) is 4.74 Å². The second-order valence-corrected chi connectivity index (χ2v) is 3.03. The summed E-state index contributed by atoms with van der Waals surface area (Å²) in [5, 5.41) is 36.4. The van der Waals surface area contributed by atoms with E-state index in [9.17, 15) is 15.3 Å². The van der Waals surface area contributed by atoms with Crippen LogP contribution in [0.25, 0.3) is 0 Å². The van der Waals surface area contributed by atoms with Crippen LogP contribution in [-0.4, -0.2) is 57.6 Å². The number of ether oxygens (including phenoxy) is 1. The summed E-state index contributed by atoms with van der Waals surface area (Å²) in [6, 6.07) is 0. The van der Waals surface area contributed by atoms with Gasteiger partial charge in [-0.05, 0) is 6.92 Å². The normalized spacial score (nSPS) is 42.6. The summed E-state index contributed by atoms with van der Waals surface area (Å²) < 4.78 is 5.02. The first-order valence-corrected chi connectivity index (χ1v) is 4.88. The number of rotatable bonds is 1. The summed E-state index contributed by atoms with van der Waals surface area (Å²) in [6.45, 7) is 5.21. The Hall–Kier alpha value is -0.200. The molecule has 1 fully saturated rings. The first-order valence-electron chi connectivity index (χ1n) is 4.88. The van der Waals surface area contributed by atoms with Crippen molar-refractivity contribution in [2.45, 2.75) is 51.3 Å². The first-order chi connectivity index (χ1) is 6.57. The fourth-order valence-corrected chi connectivity index (χ4v) is 1.29. The zero-order valence-corrected chi connectivity index (χ0v) is 8.79. The average Bonchev–Trinajstić information content (AvgIpc) is 2.23. The van der Waals surface area contributed by atoms with Gasteiger partial charge in [-0.1, -0.05) is 13.8 Å². The molecule has 0 radical (unpaired) electrons. The molecule has 1 saturated heterocycles. The highest BCUT2D eigenvalue weighted by Gasteiger charge is 2.41. The third-order valence-electron chi connectivity index (χ3n) is 2.13. The molecule has 0 spiro atoms. The molecule has 0 aliphatic carbocycles. The van der Waals surface area contributed by atoms with Gasteiger partial charge in [-0.15, -0.1) is 0 Å². The summed E-state index contributed by atoms with van der Waals surface area (Å²) in [5.74, 6) is 0. The van der Waals surface area contributed by atoms with E-state index in [1.54, 1.807) is 6.92 Å². The highest BCUT2D eigenvalue weighted by atomic mass is 16.5. The Morgan fingerprint density at radius 3 is 1.93 bits per heavy atom. The molecule has 1 rings (SSSR count). The Bertz CT molecular complexity index is 147. The van der Waals surface area contributed by atoms with Crippen molar-refractivity contribution in [3.63, 3.8) is 0 Å². The van der Waals surface area contributed by atoms with E-state index in [4.69, 9.17) is 9.84 Å². The summed E-state index contributed by atoms with van der Waals surface area (Å²) in [4.78, 5) is 0. The molecule has 1 aliphatic heterocycles. The molecule has 0 aromatic heterocycles. The third kappa shape index (κ3) is 2.90. The fourth-order valence-electron chi connectivity index (χ4n) is 1.29. The van der Waals surface area contributed by atoms with Crippen LogP contribution in [0.5, 0.6) is 0 Å². The fraction of sp³-hybridized carbons (Fsp3) is 1.00. The standard InChI is InChI=1S/C7H14O5.C2H6/c1-3-5(9)7(11)6(10)4(2-8)12-3;1-2/h3-11H,2H2,1H3;1-2H3/t3-,4+,5+,6+,7+;/m0./s1. The Morgan fingerprint density at radius 2 is 1.50 bits per heavy atom. The highest BCUT2D eigenvalue weighted by Crippen LogP contribution is 2.20. The van der Waals surface area contributed by atoms with Crippen molar-refractivity contribution in [1.29, 1.82) is 0 Å². The van der Waals surface area contributed by atoms with Crippen molar-refractivity contribution in [3.8, 4) is 0 Å². The number of aliphatic hydroxyl groups excluding tert-OH is 4. The molecule has 5 nitrogen and oxygen atoms in total. The number of hydrogen-bond acceptors (Lipinski definition) is 5. The quantitative estimate of drug-likeness (QED) is 0.438. The Balaban J connectivity index is 0.000000791. The van der Waals surface area contributed by atoms with Crippen molar-refractivity contribution in [3.05, 3.63) is 0 Å². The lowest BCUT2D eigenvalue weighted by Gasteiger charge is -2.38. The van der Waals surface area contributed by atoms with Gasteiger partial charge < -0.3 is 25.2 Å². The number of aliphatic hydroxyl groups is 4. The van der Waals surface area contributed by atoms with Gasteiger partial charge in [0.05, 0.1) is 12.7 Å². The summed E-state index contributed by atoms with van der Waals surface area (Å²) in [6.07, 6.45) is -4.94. The second kappa shape index (κ2) is 6.31. The van der Waals surface area contributed by atoms with Gasteiger partial charge in [-0.2, -0.15) is 0 Å². The molecule has 0 bridgehead atoms. The van der Waals surface area contributed by atoms with Crippen molar-refractivity contribution < 1.29 is 25.2 Å². The maximum atomic E-state index is 9.23. The van der Waals surface area contributed by atoms with Gasteiger partial charge in [0.2, 0.25) is 0 Å². The minimum Gasteiger partial charge on any atom is -0.394 e. The zero-order valence-electron chi connectivity index (χ0n) is 8.79. The van der Waals surface area contributed by atoms with Gasteiger partial charge in [0.15, 0.2) is 0 Å². The molecule has 0 aromatic carbocycles. The largest absolute Gasteiger partial charge is 0.394 e. The summed E-state index contributed by atoms with van der Waals surface area (Å²) in [5.41, 5.74) is 0. The van der Waals surface area contributed by atoms with Crippen LogP contribution in [0.4, 0.5) is 0 Å². The molecule has 0 saturated carbocycles. The van der Waals surface area contributed by atoms with E-state index in [1.165, 1.54) is 0 Å². The Kier molecular flexibility index (Phi) is 6.22. The molecule has 0 unspecified atom stereocenters.